The minimum absolute atomic E-state index is 0.106. The number of hydrogen-bond acceptors (Lipinski definition) is 8. The van der Waals surface area contributed by atoms with Gasteiger partial charge in [-0.1, -0.05) is 0 Å². The molecule has 0 unspecified atom stereocenters. The van der Waals surface area contributed by atoms with E-state index < -0.39 is 4.92 Å². The van der Waals surface area contributed by atoms with E-state index >= 15 is 0 Å². The maximum Gasteiger partial charge on any atom is 0.275 e. The van der Waals surface area contributed by atoms with Crippen LogP contribution in [-0.4, -0.2) is 14.9 Å². The van der Waals surface area contributed by atoms with Crippen molar-refractivity contribution in [2.75, 3.05) is 5.43 Å². The number of pyridine rings is 1. The molecular weight excluding hydrogens is 270 g/mol. The number of oxazole rings is 1. The van der Waals surface area contributed by atoms with Crippen LogP contribution in [0.15, 0.2) is 26.8 Å². The highest BCUT2D eigenvalue weighted by molar-refractivity contribution is 7.99. The number of nitrogens with one attached hydrogen (secondary N) is 1. The molecule has 0 bridgehead atoms. The summed E-state index contributed by atoms with van der Waals surface area (Å²) in [4.78, 5) is 18.5. The van der Waals surface area contributed by atoms with E-state index in [1.54, 1.807) is 6.92 Å². The third-order valence-electron chi connectivity index (χ3n) is 2.35. The van der Waals surface area contributed by atoms with E-state index in [-0.39, 0.29) is 11.5 Å². The average Bonchev–Trinajstić information content (AvgIpc) is 2.67. The van der Waals surface area contributed by atoms with Gasteiger partial charge in [0, 0.05) is 6.07 Å². The first kappa shape index (κ1) is 13.3. The number of aryl methyl sites for hydroxylation is 2. The van der Waals surface area contributed by atoms with Crippen LogP contribution in [0.4, 0.5) is 11.5 Å². The standard InChI is InChI=1S/C10H11N5O3S/c1-5-6(2)18-10(12-5)19-9-4-7(15(16)17)3-8(13-9)14-11/h3-4H,11H2,1-2H3,(H,13,14). The van der Waals surface area contributed by atoms with E-state index in [9.17, 15) is 10.1 Å². The molecule has 0 radical (unpaired) electrons. The van der Waals surface area contributed by atoms with Gasteiger partial charge < -0.3 is 9.84 Å². The Morgan fingerprint density at radius 1 is 1.42 bits per heavy atom. The molecule has 8 nitrogen and oxygen atoms in total. The predicted octanol–water partition coefficient (Wildman–Crippen LogP) is 2.03. The fraction of sp³-hybridized carbons (Fsp3) is 0.200. The Morgan fingerprint density at radius 3 is 2.68 bits per heavy atom. The van der Waals surface area contributed by atoms with E-state index in [0.29, 0.717) is 16.0 Å². The van der Waals surface area contributed by atoms with Gasteiger partial charge in [-0.05, 0) is 25.6 Å². The molecule has 19 heavy (non-hydrogen) atoms. The highest BCUT2D eigenvalue weighted by Gasteiger charge is 2.14. The Bertz CT molecular complexity index is 608. The molecule has 2 aromatic heterocycles. The molecule has 2 rings (SSSR count). The molecule has 0 aliphatic carbocycles. The zero-order valence-corrected chi connectivity index (χ0v) is 11.0. The number of aromatic nitrogens is 2. The van der Waals surface area contributed by atoms with Crippen molar-refractivity contribution in [3.63, 3.8) is 0 Å². The molecule has 0 aliphatic rings. The van der Waals surface area contributed by atoms with E-state index in [4.69, 9.17) is 10.3 Å². The van der Waals surface area contributed by atoms with Crippen LogP contribution in [0.1, 0.15) is 11.5 Å². The van der Waals surface area contributed by atoms with Gasteiger partial charge in [0.1, 0.15) is 16.6 Å². The topological polar surface area (TPSA) is 120 Å². The normalized spacial score (nSPS) is 10.5. The van der Waals surface area contributed by atoms with Crippen LogP contribution >= 0.6 is 11.8 Å². The monoisotopic (exact) mass is 281 g/mol. The number of nitro groups is 1. The Kier molecular flexibility index (Phi) is 3.67. The van der Waals surface area contributed by atoms with Gasteiger partial charge in [-0.15, -0.1) is 0 Å². The number of nitrogen functional groups attached to an aromatic ring is 1. The summed E-state index contributed by atoms with van der Waals surface area (Å²) in [5.74, 6) is 6.13. The first-order chi connectivity index (χ1) is 8.99. The molecule has 3 N–H and O–H groups in total. The summed E-state index contributed by atoms with van der Waals surface area (Å²) in [5, 5.41) is 11.6. The second kappa shape index (κ2) is 5.24. The number of nitrogens with two attached hydrogens (primary N) is 1. The van der Waals surface area contributed by atoms with E-state index in [2.05, 4.69) is 15.4 Å². The summed E-state index contributed by atoms with van der Waals surface area (Å²) in [6, 6.07) is 2.58. The first-order valence-electron chi connectivity index (χ1n) is 5.24. The number of anilines is 1. The SMILES string of the molecule is Cc1nc(Sc2cc([N+](=O)[O-])cc(NN)n2)oc1C. The van der Waals surface area contributed by atoms with Gasteiger partial charge in [0.25, 0.3) is 10.9 Å². The number of hydrazine groups is 1. The Morgan fingerprint density at radius 2 is 2.16 bits per heavy atom. The molecule has 100 valence electrons. The van der Waals surface area contributed by atoms with Crippen LogP contribution in [0.5, 0.6) is 0 Å². The minimum atomic E-state index is -0.515. The van der Waals surface area contributed by atoms with E-state index in [0.717, 1.165) is 17.5 Å². The van der Waals surface area contributed by atoms with Crippen LogP contribution in [0.3, 0.4) is 0 Å². The molecule has 0 aliphatic heterocycles. The highest BCUT2D eigenvalue weighted by Crippen LogP contribution is 2.30. The van der Waals surface area contributed by atoms with Gasteiger partial charge in [0.15, 0.2) is 0 Å². The van der Waals surface area contributed by atoms with Crippen molar-refractivity contribution in [1.82, 2.24) is 9.97 Å². The van der Waals surface area contributed by atoms with Crippen molar-refractivity contribution < 1.29 is 9.34 Å². The molecular formula is C10H11N5O3S. The molecule has 0 fully saturated rings. The number of rotatable bonds is 4. The van der Waals surface area contributed by atoms with Gasteiger partial charge in [-0.2, -0.15) is 0 Å². The Balaban J connectivity index is 2.33. The number of hydrogen-bond donors (Lipinski definition) is 2. The number of nitrogens with zero attached hydrogens (tertiary/aromatic N) is 3. The molecule has 0 saturated heterocycles. The molecule has 2 aromatic rings. The third-order valence-corrected chi connectivity index (χ3v) is 3.11. The van der Waals surface area contributed by atoms with Crippen molar-refractivity contribution in [1.29, 1.82) is 0 Å². The summed E-state index contributed by atoms with van der Waals surface area (Å²) in [7, 11) is 0. The zero-order chi connectivity index (χ0) is 14.0. The van der Waals surface area contributed by atoms with Crippen molar-refractivity contribution in [2.45, 2.75) is 24.1 Å². The average molecular weight is 281 g/mol. The fourth-order valence-corrected chi connectivity index (χ4v) is 2.15. The quantitative estimate of drug-likeness (QED) is 0.496. The molecule has 0 aromatic carbocycles. The molecule has 2 heterocycles. The lowest BCUT2D eigenvalue weighted by Gasteiger charge is -2.02. The third kappa shape index (κ3) is 3.01. The lowest BCUT2D eigenvalue weighted by Crippen LogP contribution is -2.09. The maximum absolute atomic E-state index is 10.8. The first-order valence-corrected chi connectivity index (χ1v) is 6.06. The van der Waals surface area contributed by atoms with Gasteiger partial charge in [-0.3, -0.25) is 10.1 Å². The minimum Gasteiger partial charge on any atom is -0.436 e. The van der Waals surface area contributed by atoms with Gasteiger partial charge in [-0.25, -0.2) is 15.8 Å². The van der Waals surface area contributed by atoms with Gasteiger partial charge in [0.2, 0.25) is 0 Å². The van der Waals surface area contributed by atoms with Crippen molar-refractivity contribution >= 4 is 23.3 Å². The maximum atomic E-state index is 10.8. The molecule has 0 atom stereocenters. The lowest BCUT2D eigenvalue weighted by atomic mass is 10.4. The van der Waals surface area contributed by atoms with Gasteiger partial charge >= 0.3 is 0 Å². The van der Waals surface area contributed by atoms with Crippen LogP contribution < -0.4 is 11.3 Å². The highest BCUT2D eigenvalue weighted by atomic mass is 32.2. The Hall–Kier alpha value is -2.13. The van der Waals surface area contributed by atoms with Crippen LogP contribution in [-0.2, 0) is 0 Å². The molecule has 0 amide bonds. The van der Waals surface area contributed by atoms with Gasteiger partial charge in [0.05, 0.1) is 16.7 Å². The predicted molar refractivity (Wildman–Crippen MR) is 68.8 cm³/mol. The lowest BCUT2D eigenvalue weighted by molar-refractivity contribution is -0.385. The molecule has 0 saturated carbocycles. The summed E-state index contributed by atoms with van der Waals surface area (Å²) in [6.45, 7) is 3.61. The van der Waals surface area contributed by atoms with Crippen LogP contribution in [0, 0.1) is 24.0 Å². The summed E-state index contributed by atoms with van der Waals surface area (Å²) in [6.07, 6.45) is 0. The fourth-order valence-electron chi connectivity index (χ4n) is 1.30. The molecule has 0 spiro atoms. The van der Waals surface area contributed by atoms with Crippen molar-refractivity contribution in [3.05, 3.63) is 33.7 Å². The van der Waals surface area contributed by atoms with E-state index in [1.165, 1.54) is 12.1 Å². The van der Waals surface area contributed by atoms with Crippen LogP contribution in [0.2, 0.25) is 0 Å². The second-order valence-electron chi connectivity index (χ2n) is 3.67. The molecule has 9 heteroatoms. The summed E-state index contributed by atoms with van der Waals surface area (Å²) in [5.41, 5.74) is 2.95. The Labute approximate surface area is 112 Å². The van der Waals surface area contributed by atoms with E-state index in [1.807, 2.05) is 6.92 Å². The summed E-state index contributed by atoms with van der Waals surface area (Å²) < 4.78 is 5.38. The largest absolute Gasteiger partial charge is 0.436 e. The van der Waals surface area contributed by atoms with Crippen molar-refractivity contribution in [2.24, 2.45) is 5.84 Å². The summed E-state index contributed by atoms with van der Waals surface area (Å²) >= 11 is 1.09. The van der Waals surface area contributed by atoms with Crippen molar-refractivity contribution in [3.8, 4) is 0 Å². The zero-order valence-electron chi connectivity index (χ0n) is 10.2. The second-order valence-corrected chi connectivity index (χ2v) is 4.65. The van der Waals surface area contributed by atoms with Crippen LogP contribution in [0.25, 0.3) is 0 Å². The smallest absolute Gasteiger partial charge is 0.275 e.